The summed E-state index contributed by atoms with van der Waals surface area (Å²) in [6.07, 6.45) is 3.67. The summed E-state index contributed by atoms with van der Waals surface area (Å²) in [5.41, 5.74) is 3.38. The molecule has 0 saturated carbocycles. The normalized spacial score (nSPS) is 10.8. The second-order valence-electron chi connectivity index (χ2n) is 5.75. The fraction of sp³-hybridized carbons (Fsp3) is 0.294. The van der Waals surface area contributed by atoms with Gasteiger partial charge >= 0.3 is 0 Å². The number of amides is 1. The molecule has 1 aromatic carbocycles. The molecule has 0 unspecified atom stereocenters. The number of benzene rings is 1. The lowest BCUT2D eigenvalue weighted by Gasteiger charge is -2.04. The quantitative estimate of drug-likeness (QED) is 0.754. The van der Waals surface area contributed by atoms with Crippen molar-refractivity contribution in [2.75, 3.05) is 5.32 Å². The number of anilines is 1. The highest BCUT2D eigenvalue weighted by Crippen LogP contribution is 2.07. The third-order valence-electron chi connectivity index (χ3n) is 3.69. The number of aromatic nitrogens is 5. The molecule has 24 heavy (non-hydrogen) atoms. The van der Waals surface area contributed by atoms with Crippen molar-refractivity contribution in [3.05, 3.63) is 59.7 Å². The van der Waals surface area contributed by atoms with Gasteiger partial charge in [0.2, 0.25) is 11.9 Å². The molecule has 0 fully saturated rings. The topological polar surface area (TPSA) is 77.6 Å². The molecule has 0 bridgehead atoms. The van der Waals surface area contributed by atoms with E-state index in [0.29, 0.717) is 25.5 Å². The second kappa shape index (κ2) is 7.08. The standard InChI is InChI=1S/C17H20N6O/c1-13-4-3-5-15(10-13)11-22-12-18-17(21-22)20-16(24)7-9-23-14(2)6-8-19-23/h3-6,8,10,12H,7,9,11H2,1-2H3,(H,20,21,24). The molecular weight excluding hydrogens is 304 g/mol. The van der Waals surface area contributed by atoms with Crippen LogP contribution in [0.3, 0.4) is 0 Å². The van der Waals surface area contributed by atoms with E-state index in [0.717, 1.165) is 11.3 Å². The van der Waals surface area contributed by atoms with Gasteiger partial charge in [0.15, 0.2) is 0 Å². The number of carbonyl (C=O) groups excluding carboxylic acids is 1. The zero-order valence-corrected chi connectivity index (χ0v) is 13.8. The van der Waals surface area contributed by atoms with Crippen LogP contribution >= 0.6 is 0 Å². The average molecular weight is 324 g/mol. The maximum atomic E-state index is 12.0. The van der Waals surface area contributed by atoms with Crippen LogP contribution in [0.25, 0.3) is 0 Å². The molecule has 7 heteroatoms. The predicted octanol–water partition coefficient (Wildman–Crippen LogP) is 2.17. The molecule has 124 valence electrons. The fourth-order valence-electron chi connectivity index (χ4n) is 2.45. The van der Waals surface area contributed by atoms with E-state index in [9.17, 15) is 4.79 Å². The molecule has 1 N–H and O–H groups in total. The molecule has 0 radical (unpaired) electrons. The highest BCUT2D eigenvalue weighted by Gasteiger charge is 2.08. The van der Waals surface area contributed by atoms with Crippen LogP contribution in [0.2, 0.25) is 0 Å². The summed E-state index contributed by atoms with van der Waals surface area (Å²) in [5.74, 6) is 0.197. The second-order valence-corrected chi connectivity index (χ2v) is 5.75. The van der Waals surface area contributed by atoms with Gasteiger partial charge in [-0.05, 0) is 25.5 Å². The predicted molar refractivity (Wildman–Crippen MR) is 90.5 cm³/mol. The van der Waals surface area contributed by atoms with Crippen LogP contribution in [-0.2, 0) is 17.9 Å². The summed E-state index contributed by atoms with van der Waals surface area (Å²) in [4.78, 5) is 16.1. The van der Waals surface area contributed by atoms with Crippen molar-refractivity contribution in [1.29, 1.82) is 0 Å². The monoisotopic (exact) mass is 324 g/mol. The lowest BCUT2D eigenvalue weighted by Crippen LogP contribution is -2.16. The van der Waals surface area contributed by atoms with E-state index < -0.39 is 0 Å². The molecule has 0 aliphatic heterocycles. The molecule has 3 aromatic rings. The number of rotatable bonds is 6. The van der Waals surface area contributed by atoms with Gasteiger partial charge < -0.3 is 0 Å². The molecule has 7 nitrogen and oxygen atoms in total. The highest BCUT2D eigenvalue weighted by atomic mass is 16.1. The maximum absolute atomic E-state index is 12.0. The summed E-state index contributed by atoms with van der Waals surface area (Å²) in [6.45, 7) is 5.17. The van der Waals surface area contributed by atoms with Crippen LogP contribution in [-0.4, -0.2) is 30.5 Å². The van der Waals surface area contributed by atoms with Gasteiger partial charge in [-0.1, -0.05) is 29.8 Å². The molecule has 3 rings (SSSR count). The van der Waals surface area contributed by atoms with Gasteiger partial charge in [0.05, 0.1) is 6.54 Å². The molecule has 0 aliphatic rings. The molecule has 0 atom stereocenters. The summed E-state index contributed by atoms with van der Waals surface area (Å²) >= 11 is 0. The van der Waals surface area contributed by atoms with Crippen molar-refractivity contribution in [1.82, 2.24) is 24.5 Å². The van der Waals surface area contributed by atoms with Crippen molar-refractivity contribution in [2.45, 2.75) is 33.4 Å². The number of nitrogens with one attached hydrogen (secondary N) is 1. The SMILES string of the molecule is Cc1cccc(Cn2cnc(NC(=O)CCn3nccc3C)n2)c1. The van der Waals surface area contributed by atoms with Crippen LogP contribution in [0.15, 0.2) is 42.9 Å². The molecular formula is C17H20N6O. The third kappa shape index (κ3) is 4.07. The van der Waals surface area contributed by atoms with Gasteiger partial charge in [-0.25, -0.2) is 9.67 Å². The first-order valence-corrected chi connectivity index (χ1v) is 7.83. The summed E-state index contributed by atoms with van der Waals surface area (Å²) in [5, 5.41) is 11.2. The minimum atomic E-state index is -0.127. The van der Waals surface area contributed by atoms with Crippen molar-refractivity contribution >= 4 is 11.9 Å². The Morgan fingerprint density at radius 2 is 2.12 bits per heavy atom. The Balaban J connectivity index is 1.53. The minimum absolute atomic E-state index is 0.127. The Hall–Kier alpha value is -2.96. The summed E-state index contributed by atoms with van der Waals surface area (Å²) < 4.78 is 3.51. The van der Waals surface area contributed by atoms with Crippen molar-refractivity contribution in [2.24, 2.45) is 0 Å². The van der Waals surface area contributed by atoms with Crippen LogP contribution in [0.5, 0.6) is 0 Å². The van der Waals surface area contributed by atoms with Crippen LogP contribution in [0.1, 0.15) is 23.2 Å². The van der Waals surface area contributed by atoms with Gasteiger partial charge in [0.1, 0.15) is 6.33 Å². The first kappa shape index (κ1) is 15.9. The number of hydrogen-bond acceptors (Lipinski definition) is 4. The van der Waals surface area contributed by atoms with Crippen LogP contribution < -0.4 is 5.32 Å². The van der Waals surface area contributed by atoms with Gasteiger partial charge in [-0.3, -0.25) is 14.8 Å². The maximum Gasteiger partial charge on any atom is 0.248 e. The summed E-state index contributed by atoms with van der Waals surface area (Å²) in [6, 6.07) is 10.1. The number of hydrogen-bond donors (Lipinski definition) is 1. The molecule has 2 heterocycles. The molecule has 0 aliphatic carbocycles. The van der Waals surface area contributed by atoms with Crippen LogP contribution in [0.4, 0.5) is 5.95 Å². The highest BCUT2D eigenvalue weighted by molar-refractivity contribution is 5.88. The smallest absolute Gasteiger partial charge is 0.248 e. The number of nitrogens with zero attached hydrogens (tertiary/aromatic N) is 5. The third-order valence-corrected chi connectivity index (χ3v) is 3.69. The van der Waals surface area contributed by atoms with Gasteiger partial charge in [-0.15, -0.1) is 5.10 Å². The van der Waals surface area contributed by atoms with E-state index in [-0.39, 0.29) is 5.91 Å². The lowest BCUT2D eigenvalue weighted by molar-refractivity contribution is -0.116. The largest absolute Gasteiger partial charge is 0.293 e. The Morgan fingerprint density at radius 3 is 2.88 bits per heavy atom. The van der Waals surface area contributed by atoms with Crippen molar-refractivity contribution in [3.8, 4) is 0 Å². The zero-order valence-electron chi connectivity index (χ0n) is 13.8. The van der Waals surface area contributed by atoms with Crippen molar-refractivity contribution in [3.63, 3.8) is 0 Å². The van der Waals surface area contributed by atoms with Gasteiger partial charge in [-0.2, -0.15) is 5.10 Å². The number of carbonyl (C=O) groups is 1. The van der Waals surface area contributed by atoms with E-state index in [4.69, 9.17) is 0 Å². The van der Waals surface area contributed by atoms with E-state index in [1.54, 1.807) is 21.9 Å². The Labute approximate surface area is 140 Å². The fourth-order valence-corrected chi connectivity index (χ4v) is 2.45. The van der Waals surface area contributed by atoms with E-state index >= 15 is 0 Å². The Bertz CT molecular complexity index is 835. The van der Waals surface area contributed by atoms with Gasteiger partial charge in [0.25, 0.3) is 0 Å². The van der Waals surface area contributed by atoms with E-state index in [1.807, 2.05) is 25.1 Å². The molecule has 1 amide bonds. The summed E-state index contributed by atoms with van der Waals surface area (Å²) in [7, 11) is 0. The zero-order chi connectivity index (χ0) is 16.9. The first-order chi connectivity index (χ1) is 11.6. The molecule has 0 saturated heterocycles. The molecule has 0 spiro atoms. The minimum Gasteiger partial charge on any atom is -0.293 e. The Kier molecular flexibility index (Phi) is 4.69. The van der Waals surface area contributed by atoms with Gasteiger partial charge in [0, 0.05) is 24.9 Å². The average Bonchev–Trinajstić information content (AvgIpc) is 3.14. The number of aryl methyl sites for hydroxylation is 3. The lowest BCUT2D eigenvalue weighted by atomic mass is 10.1. The molecule has 2 aromatic heterocycles. The van der Waals surface area contributed by atoms with Crippen LogP contribution in [0, 0.1) is 13.8 Å². The first-order valence-electron chi connectivity index (χ1n) is 7.83. The van der Waals surface area contributed by atoms with E-state index in [1.165, 1.54) is 5.56 Å². The Morgan fingerprint density at radius 1 is 1.25 bits per heavy atom. The van der Waals surface area contributed by atoms with E-state index in [2.05, 4.69) is 39.6 Å². The van der Waals surface area contributed by atoms with Crippen molar-refractivity contribution < 1.29 is 4.79 Å².